The van der Waals surface area contributed by atoms with Crippen molar-refractivity contribution in [3.05, 3.63) is 92.1 Å². The molecular weight excluding hydrogens is 1060 g/mol. The molecule has 0 atom stereocenters. The Kier molecular flexibility index (Phi) is 24.6. The molecule has 2 aromatic heterocycles. The molecule has 0 spiro atoms. The molecule has 0 amide bonds. The number of fused-ring (bicyclic) bond motifs is 2. The Bertz CT molecular complexity index is 2750. The zero-order valence-corrected chi connectivity index (χ0v) is 47.1. The number of aromatic nitrogens is 2. The van der Waals surface area contributed by atoms with Gasteiger partial charge in [-0.2, -0.15) is 10.5 Å². The van der Waals surface area contributed by atoms with Gasteiger partial charge in [0.1, 0.15) is 23.6 Å². The number of nitrogens with zero attached hydrogens (tertiary/aromatic N) is 8. The SMILES string of the molecule is CO.CO.COc1cc(Nc2c(C#N)cnc3cc(OCCCN4CCN(C)CC4)c(OC)cc23)c(Cl)cc1Cl.COc1cc(Nc2c(C#N)cnc3cc(OCCCN4CCN(C)CC4)c(OC)cc23)c(Cl)cc1Cl. The summed E-state index contributed by atoms with van der Waals surface area (Å²) in [6.45, 7) is 11.8. The first-order valence-corrected chi connectivity index (χ1v) is 25.8. The number of hydrogen-bond donors (Lipinski definition) is 4. The number of aliphatic hydroxyl groups is 2. The molecule has 18 nitrogen and oxygen atoms in total. The van der Waals surface area contributed by atoms with Crippen LogP contribution in [0.1, 0.15) is 24.0 Å². The second-order valence-electron chi connectivity index (χ2n) is 17.2. The highest BCUT2D eigenvalue weighted by Crippen LogP contribution is 2.42. The van der Waals surface area contributed by atoms with Crippen LogP contribution in [0.2, 0.25) is 20.1 Å². The summed E-state index contributed by atoms with van der Waals surface area (Å²) in [5, 5.41) is 43.0. The molecule has 408 valence electrons. The highest BCUT2D eigenvalue weighted by Gasteiger charge is 2.20. The van der Waals surface area contributed by atoms with E-state index in [2.05, 4.69) is 66.4 Å². The van der Waals surface area contributed by atoms with E-state index in [4.69, 9.17) is 85.0 Å². The third kappa shape index (κ3) is 16.0. The molecule has 0 bridgehead atoms. The lowest BCUT2D eigenvalue weighted by Crippen LogP contribution is -2.44. The predicted octanol–water partition coefficient (Wildman–Crippen LogP) is 9.60. The number of hydrogen-bond acceptors (Lipinski definition) is 18. The molecule has 0 saturated carbocycles. The van der Waals surface area contributed by atoms with E-state index in [0.717, 1.165) is 92.5 Å². The Morgan fingerprint density at radius 3 is 1.18 bits per heavy atom. The quantitative estimate of drug-likeness (QED) is 0.0591. The van der Waals surface area contributed by atoms with Gasteiger partial charge in [-0.3, -0.25) is 9.97 Å². The molecule has 2 saturated heterocycles. The zero-order chi connectivity index (χ0) is 55.3. The minimum Gasteiger partial charge on any atom is -0.495 e. The van der Waals surface area contributed by atoms with Crippen LogP contribution in [-0.4, -0.2) is 175 Å². The number of benzene rings is 4. The number of ether oxygens (including phenoxy) is 6. The Balaban J connectivity index is 0.000000264. The molecule has 8 rings (SSSR count). The highest BCUT2D eigenvalue weighted by molar-refractivity contribution is 6.38. The monoisotopic (exact) mass is 1120 g/mol. The molecule has 22 heteroatoms. The molecule has 4 N–H and O–H groups in total. The Morgan fingerprint density at radius 2 is 0.855 bits per heavy atom. The maximum Gasteiger partial charge on any atom is 0.163 e. The summed E-state index contributed by atoms with van der Waals surface area (Å²) in [5.74, 6) is 3.26. The minimum atomic E-state index is 0.357. The van der Waals surface area contributed by atoms with Crippen LogP contribution in [0.5, 0.6) is 34.5 Å². The van der Waals surface area contributed by atoms with Crippen molar-refractivity contribution < 1.29 is 38.6 Å². The Morgan fingerprint density at radius 1 is 0.500 bits per heavy atom. The van der Waals surface area contributed by atoms with Gasteiger partial charge in [0, 0.05) is 127 Å². The summed E-state index contributed by atoms with van der Waals surface area (Å²) >= 11 is 25.2. The van der Waals surface area contributed by atoms with Gasteiger partial charge in [0.05, 0.1) is 107 Å². The number of likely N-dealkylation sites (N-methyl/N-ethyl adjacent to an activating group) is 2. The number of rotatable bonds is 18. The number of piperazine rings is 2. The van der Waals surface area contributed by atoms with Gasteiger partial charge >= 0.3 is 0 Å². The number of methoxy groups -OCH3 is 4. The summed E-state index contributed by atoms with van der Waals surface area (Å²) in [7, 11) is 12.5. The van der Waals surface area contributed by atoms with Gasteiger partial charge in [-0.25, -0.2) is 0 Å². The molecule has 0 aliphatic carbocycles. The van der Waals surface area contributed by atoms with E-state index >= 15 is 0 Å². The van der Waals surface area contributed by atoms with Gasteiger partial charge in [0.25, 0.3) is 0 Å². The third-order valence-electron chi connectivity index (χ3n) is 12.5. The van der Waals surface area contributed by atoms with E-state index in [1.54, 1.807) is 38.5 Å². The van der Waals surface area contributed by atoms with Gasteiger partial charge in [0.15, 0.2) is 23.0 Å². The summed E-state index contributed by atoms with van der Waals surface area (Å²) in [5.41, 5.74) is 4.22. The fraction of sp³-hybridized carbons (Fsp3) is 0.407. The lowest BCUT2D eigenvalue weighted by atomic mass is 10.1. The highest BCUT2D eigenvalue weighted by atomic mass is 35.5. The minimum absolute atomic E-state index is 0.357. The summed E-state index contributed by atoms with van der Waals surface area (Å²) in [6.07, 6.45) is 4.87. The molecule has 0 unspecified atom stereocenters. The Hall–Kier alpha value is -6.00. The zero-order valence-electron chi connectivity index (χ0n) is 44.1. The van der Waals surface area contributed by atoms with Crippen LogP contribution < -0.4 is 39.1 Å². The van der Waals surface area contributed by atoms with Crippen LogP contribution >= 0.6 is 46.4 Å². The first-order valence-electron chi connectivity index (χ1n) is 24.2. The predicted molar refractivity (Wildman–Crippen MR) is 303 cm³/mol. The van der Waals surface area contributed by atoms with Crippen molar-refractivity contribution in [3.63, 3.8) is 0 Å². The van der Waals surface area contributed by atoms with Crippen molar-refractivity contribution in [2.45, 2.75) is 12.8 Å². The number of pyridine rings is 2. The largest absolute Gasteiger partial charge is 0.495 e. The molecule has 0 radical (unpaired) electrons. The topological polar surface area (TPSA) is 206 Å². The van der Waals surface area contributed by atoms with Crippen LogP contribution in [0.25, 0.3) is 21.8 Å². The van der Waals surface area contributed by atoms with Crippen molar-refractivity contribution >= 4 is 91.0 Å². The van der Waals surface area contributed by atoms with E-state index < -0.39 is 0 Å². The standard InChI is InChI=1S/2C26H29Cl2N5O3.2CH4O/c2*1-32-6-8-33(9-7-32)5-4-10-36-25-13-21-18(11-24(25)35-3)26(17(15-29)16-30-21)31-22-14-23(34-2)20(28)12-19(22)27;2*1-2/h2*11-14,16H,4-10H2,1-3H3,(H,30,31);2*2H,1H3. The first kappa shape index (κ1) is 60.9. The van der Waals surface area contributed by atoms with Crippen LogP contribution in [0.15, 0.2) is 60.9 Å². The average Bonchev–Trinajstić information content (AvgIpc) is 3.44. The molecule has 76 heavy (non-hydrogen) atoms. The first-order chi connectivity index (χ1) is 36.9. The fourth-order valence-corrected chi connectivity index (χ4v) is 9.31. The van der Waals surface area contributed by atoms with Crippen LogP contribution in [0.3, 0.4) is 0 Å². The Labute approximate surface area is 465 Å². The lowest BCUT2D eigenvalue weighted by Gasteiger charge is -2.32. The van der Waals surface area contributed by atoms with E-state index in [1.807, 2.05) is 24.3 Å². The van der Waals surface area contributed by atoms with Crippen molar-refractivity contribution in [1.82, 2.24) is 29.6 Å². The second kappa shape index (κ2) is 30.7. The maximum absolute atomic E-state index is 9.75. The van der Waals surface area contributed by atoms with Crippen molar-refractivity contribution in [1.29, 1.82) is 10.5 Å². The maximum atomic E-state index is 9.75. The molecule has 2 fully saturated rings. The summed E-state index contributed by atoms with van der Waals surface area (Å²) in [4.78, 5) is 18.6. The third-order valence-corrected chi connectivity index (χ3v) is 13.7. The van der Waals surface area contributed by atoms with Crippen molar-refractivity contribution in [3.8, 4) is 46.6 Å². The molecule has 2 aliphatic heterocycles. The van der Waals surface area contributed by atoms with Gasteiger partial charge < -0.3 is 68.9 Å². The number of aliphatic hydroxyl groups excluding tert-OH is 2. The fourth-order valence-electron chi connectivity index (χ4n) is 8.30. The molecule has 6 aromatic rings. The molecule has 2 aliphatic rings. The van der Waals surface area contributed by atoms with Crippen molar-refractivity contribution in [2.75, 3.05) is 146 Å². The van der Waals surface area contributed by atoms with Gasteiger partial charge in [-0.15, -0.1) is 0 Å². The molecular formula is C54H66Cl4N10O8. The van der Waals surface area contributed by atoms with E-state index in [1.165, 1.54) is 26.6 Å². The average molecular weight is 1120 g/mol. The number of anilines is 4. The lowest BCUT2D eigenvalue weighted by molar-refractivity contribution is 0.145. The van der Waals surface area contributed by atoms with Crippen LogP contribution in [0, 0.1) is 22.7 Å². The summed E-state index contributed by atoms with van der Waals surface area (Å²) < 4.78 is 34.0. The molecule has 4 aromatic carbocycles. The van der Waals surface area contributed by atoms with Crippen LogP contribution in [0.4, 0.5) is 22.7 Å². The number of nitrogens with one attached hydrogen (secondary N) is 2. The summed E-state index contributed by atoms with van der Waals surface area (Å²) in [6, 6.07) is 18.2. The number of halogens is 4. The molecule has 4 heterocycles. The van der Waals surface area contributed by atoms with E-state index in [0.29, 0.717) is 123 Å². The van der Waals surface area contributed by atoms with Gasteiger partial charge in [-0.1, -0.05) is 46.4 Å². The van der Waals surface area contributed by atoms with Crippen LogP contribution in [-0.2, 0) is 0 Å². The normalized spacial score (nSPS) is 13.8. The van der Waals surface area contributed by atoms with Gasteiger partial charge in [-0.05, 0) is 51.2 Å². The van der Waals surface area contributed by atoms with Crippen molar-refractivity contribution in [2.24, 2.45) is 0 Å². The van der Waals surface area contributed by atoms with Gasteiger partial charge in [0.2, 0.25) is 0 Å². The smallest absolute Gasteiger partial charge is 0.163 e. The van der Waals surface area contributed by atoms with E-state index in [-0.39, 0.29) is 0 Å². The van der Waals surface area contributed by atoms with E-state index in [9.17, 15) is 10.5 Å². The number of nitriles is 2. The second-order valence-corrected chi connectivity index (χ2v) is 18.9.